The molecule has 0 amide bonds. The second-order valence-electron chi connectivity index (χ2n) is 6.22. The number of halogens is 1. The molecule has 2 heterocycles. The van der Waals surface area contributed by atoms with Crippen LogP contribution in [0, 0.1) is 5.82 Å². The first kappa shape index (κ1) is 13.4. The van der Waals surface area contributed by atoms with Crippen molar-refractivity contribution in [3.63, 3.8) is 0 Å². The Kier molecular flexibility index (Phi) is 2.97. The van der Waals surface area contributed by atoms with Gasteiger partial charge in [-0.05, 0) is 32.4 Å². The van der Waals surface area contributed by atoms with Gasteiger partial charge in [0.25, 0.3) is 0 Å². The highest BCUT2D eigenvalue weighted by molar-refractivity contribution is 5.98. The molecule has 0 bridgehead atoms. The molecule has 0 aromatic heterocycles. The Labute approximate surface area is 118 Å². The van der Waals surface area contributed by atoms with E-state index in [9.17, 15) is 4.39 Å². The molecule has 2 aliphatic rings. The molecule has 2 aliphatic heterocycles. The molecule has 0 saturated carbocycles. The van der Waals surface area contributed by atoms with Crippen LogP contribution in [0.3, 0.4) is 0 Å². The largest absolute Gasteiger partial charge is 0.375 e. The monoisotopic (exact) mass is 277 g/mol. The average Bonchev–Trinajstić information content (AvgIpc) is 2.66. The molecule has 108 valence electrons. The molecule has 5 heteroatoms. The maximum Gasteiger partial charge on any atom is 0.196 e. The number of hydrogen-bond acceptors (Lipinski definition) is 4. The normalized spacial score (nSPS) is 28.8. The Morgan fingerprint density at radius 2 is 2.10 bits per heavy atom. The van der Waals surface area contributed by atoms with Crippen LogP contribution >= 0.6 is 0 Å². The zero-order valence-corrected chi connectivity index (χ0v) is 11.9. The highest BCUT2D eigenvalue weighted by Crippen LogP contribution is 2.42. The molecule has 2 N–H and O–H groups in total. The van der Waals surface area contributed by atoms with Crippen LogP contribution in [0.25, 0.3) is 0 Å². The number of para-hydroxylation sites is 1. The third-order valence-electron chi connectivity index (χ3n) is 4.15. The Hall–Kier alpha value is -1.62. The van der Waals surface area contributed by atoms with E-state index in [4.69, 9.17) is 10.5 Å². The van der Waals surface area contributed by atoms with Crippen molar-refractivity contribution in [1.29, 1.82) is 0 Å². The summed E-state index contributed by atoms with van der Waals surface area (Å²) in [6.07, 6.45) is 1.58. The zero-order chi connectivity index (χ0) is 14.4. The molecule has 1 unspecified atom stereocenters. The SMILES string of the molecule is CC1(C)CC2(CCO1)CN=C(N)N2c1ccccc1F. The maximum atomic E-state index is 14.2. The molecular formula is C15H20FN3O. The molecule has 3 rings (SSSR count). The van der Waals surface area contributed by atoms with Gasteiger partial charge >= 0.3 is 0 Å². The highest BCUT2D eigenvalue weighted by Gasteiger charge is 2.49. The smallest absolute Gasteiger partial charge is 0.196 e. The van der Waals surface area contributed by atoms with Gasteiger partial charge in [-0.3, -0.25) is 4.99 Å². The van der Waals surface area contributed by atoms with Gasteiger partial charge in [-0.15, -0.1) is 0 Å². The van der Waals surface area contributed by atoms with Gasteiger partial charge in [-0.1, -0.05) is 12.1 Å². The van der Waals surface area contributed by atoms with Gasteiger partial charge in [0.15, 0.2) is 5.96 Å². The van der Waals surface area contributed by atoms with Crippen LogP contribution in [0.2, 0.25) is 0 Å². The summed E-state index contributed by atoms with van der Waals surface area (Å²) in [6, 6.07) is 6.72. The lowest BCUT2D eigenvalue weighted by Crippen LogP contribution is -2.59. The van der Waals surface area contributed by atoms with Crippen LogP contribution in [0.1, 0.15) is 26.7 Å². The van der Waals surface area contributed by atoms with Gasteiger partial charge in [-0.2, -0.15) is 0 Å². The molecule has 1 atom stereocenters. The highest BCUT2D eigenvalue weighted by atomic mass is 19.1. The van der Waals surface area contributed by atoms with Crippen molar-refractivity contribution in [3.05, 3.63) is 30.1 Å². The van der Waals surface area contributed by atoms with Crippen LogP contribution in [-0.4, -0.2) is 30.3 Å². The average molecular weight is 277 g/mol. The molecule has 1 saturated heterocycles. The van der Waals surface area contributed by atoms with Crippen molar-refractivity contribution in [2.24, 2.45) is 10.7 Å². The fraction of sp³-hybridized carbons (Fsp3) is 0.533. The van der Waals surface area contributed by atoms with Crippen LogP contribution in [0.4, 0.5) is 10.1 Å². The molecule has 1 spiro atoms. The molecule has 4 nitrogen and oxygen atoms in total. The number of nitrogens with two attached hydrogens (primary N) is 1. The van der Waals surface area contributed by atoms with E-state index in [2.05, 4.69) is 18.8 Å². The number of ether oxygens (including phenoxy) is 1. The van der Waals surface area contributed by atoms with Gasteiger partial charge < -0.3 is 15.4 Å². The molecule has 1 fully saturated rings. The minimum absolute atomic E-state index is 0.248. The van der Waals surface area contributed by atoms with Crippen molar-refractivity contribution in [1.82, 2.24) is 0 Å². The maximum absolute atomic E-state index is 14.2. The summed E-state index contributed by atoms with van der Waals surface area (Å²) in [5.74, 6) is 0.129. The van der Waals surface area contributed by atoms with Gasteiger partial charge in [0.2, 0.25) is 0 Å². The lowest BCUT2D eigenvalue weighted by molar-refractivity contribution is -0.0758. The van der Waals surface area contributed by atoms with E-state index < -0.39 is 0 Å². The fourth-order valence-corrected chi connectivity index (χ4v) is 3.40. The summed E-state index contributed by atoms with van der Waals surface area (Å²) in [5, 5.41) is 0. The molecule has 1 aromatic carbocycles. The fourth-order valence-electron chi connectivity index (χ4n) is 3.40. The predicted molar refractivity (Wildman–Crippen MR) is 77.4 cm³/mol. The van der Waals surface area contributed by atoms with Gasteiger partial charge in [0.1, 0.15) is 5.82 Å². The van der Waals surface area contributed by atoms with E-state index in [-0.39, 0.29) is 17.0 Å². The predicted octanol–water partition coefficient (Wildman–Crippen LogP) is 2.29. The molecular weight excluding hydrogens is 257 g/mol. The molecule has 0 radical (unpaired) electrons. The van der Waals surface area contributed by atoms with Gasteiger partial charge in [-0.25, -0.2) is 4.39 Å². The van der Waals surface area contributed by atoms with Crippen LogP contribution in [0.15, 0.2) is 29.3 Å². The second kappa shape index (κ2) is 4.45. The zero-order valence-electron chi connectivity index (χ0n) is 11.9. The first-order chi connectivity index (χ1) is 9.44. The summed E-state index contributed by atoms with van der Waals surface area (Å²) in [6.45, 7) is 5.35. The summed E-state index contributed by atoms with van der Waals surface area (Å²) in [4.78, 5) is 6.24. The number of anilines is 1. The van der Waals surface area contributed by atoms with Crippen molar-refractivity contribution in [2.75, 3.05) is 18.1 Å². The first-order valence-corrected chi connectivity index (χ1v) is 6.92. The van der Waals surface area contributed by atoms with Gasteiger partial charge in [0.05, 0.1) is 23.4 Å². The number of rotatable bonds is 1. The van der Waals surface area contributed by atoms with Crippen molar-refractivity contribution >= 4 is 11.6 Å². The number of benzene rings is 1. The van der Waals surface area contributed by atoms with E-state index in [1.165, 1.54) is 6.07 Å². The van der Waals surface area contributed by atoms with Crippen molar-refractivity contribution in [3.8, 4) is 0 Å². The standard InChI is InChI=1S/C15H20FN3O/c1-14(2)9-15(7-8-20-14)10-18-13(17)19(15)12-6-4-3-5-11(12)16/h3-6H,7-10H2,1-2H3,(H2,17,18). The van der Waals surface area contributed by atoms with E-state index in [0.717, 1.165) is 12.8 Å². The molecule has 20 heavy (non-hydrogen) atoms. The quantitative estimate of drug-likeness (QED) is 0.857. The number of aliphatic imine (C=N–C) groups is 1. The lowest BCUT2D eigenvalue weighted by Gasteiger charge is -2.47. The topological polar surface area (TPSA) is 50.9 Å². The van der Waals surface area contributed by atoms with Gasteiger partial charge in [0, 0.05) is 13.0 Å². The number of guanidine groups is 1. The summed E-state index contributed by atoms with van der Waals surface area (Å²) in [7, 11) is 0. The number of nitrogens with zero attached hydrogens (tertiary/aromatic N) is 2. The van der Waals surface area contributed by atoms with E-state index in [1.807, 2.05) is 11.0 Å². The Morgan fingerprint density at radius 3 is 2.80 bits per heavy atom. The van der Waals surface area contributed by atoms with Crippen LogP contribution in [-0.2, 0) is 4.74 Å². The minimum Gasteiger partial charge on any atom is -0.375 e. The molecule has 1 aromatic rings. The van der Waals surface area contributed by atoms with Crippen molar-refractivity contribution < 1.29 is 9.13 Å². The molecule has 0 aliphatic carbocycles. The Balaban J connectivity index is 2.03. The number of hydrogen-bond donors (Lipinski definition) is 1. The van der Waals surface area contributed by atoms with E-state index >= 15 is 0 Å². The van der Waals surface area contributed by atoms with Crippen LogP contribution < -0.4 is 10.6 Å². The summed E-state index contributed by atoms with van der Waals surface area (Å²) in [5.41, 5.74) is 6.03. The third-order valence-corrected chi connectivity index (χ3v) is 4.15. The summed E-state index contributed by atoms with van der Waals surface area (Å²) < 4.78 is 20.0. The Bertz CT molecular complexity index is 558. The lowest BCUT2D eigenvalue weighted by atomic mass is 9.80. The minimum atomic E-state index is -0.270. The summed E-state index contributed by atoms with van der Waals surface area (Å²) >= 11 is 0. The third kappa shape index (κ3) is 2.06. The first-order valence-electron chi connectivity index (χ1n) is 6.92. The van der Waals surface area contributed by atoms with Crippen LogP contribution in [0.5, 0.6) is 0 Å². The van der Waals surface area contributed by atoms with Crippen molar-refractivity contribution in [2.45, 2.75) is 37.8 Å². The Morgan fingerprint density at radius 1 is 1.35 bits per heavy atom. The van der Waals surface area contributed by atoms with E-state index in [0.29, 0.717) is 24.8 Å². The van der Waals surface area contributed by atoms with E-state index in [1.54, 1.807) is 12.1 Å². The second-order valence-corrected chi connectivity index (χ2v) is 6.22.